The monoisotopic (exact) mass is 427 g/mol. The molecule has 0 aromatic heterocycles. The lowest BCUT2D eigenvalue weighted by atomic mass is 10.1. The van der Waals surface area contributed by atoms with Gasteiger partial charge in [-0.25, -0.2) is 0 Å². The van der Waals surface area contributed by atoms with Crippen LogP contribution in [0, 0.1) is 0 Å². The zero-order chi connectivity index (χ0) is 22.6. The summed E-state index contributed by atoms with van der Waals surface area (Å²) < 4.78 is 38.5. The highest BCUT2D eigenvalue weighted by Crippen LogP contribution is 2.30. The highest BCUT2D eigenvalue weighted by atomic mass is 19.4. The first-order chi connectivity index (χ1) is 14.6. The minimum Gasteiger partial charge on any atom is -0.378 e. The van der Waals surface area contributed by atoms with Crippen molar-refractivity contribution in [3.05, 3.63) is 89.5 Å². The molecule has 160 valence electrons. The average molecular weight is 427 g/mol. The van der Waals surface area contributed by atoms with E-state index < -0.39 is 17.6 Å². The summed E-state index contributed by atoms with van der Waals surface area (Å²) in [6.07, 6.45) is -4.50. The van der Waals surface area contributed by atoms with E-state index in [-0.39, 0.29) is 17.2 Å². The zero-order valence-corrected chi connectivity index (χ0v) is 16.8. The molecule has 3 rings (SSSR count). The number of carbonyl (C=O) groups is 2. The Balaban J connectivity index is 1.71. The van der Waals surface area contributed by atoms with Crippen molar-refractivity contribution >= 4 is 28.9 Å². The SMILES string of the molecule is CN(C)c1ccc(C(=O)Nc2cccc(C(=O)Nc3cccc(C(F)(F)F)c3)c2)cc1. The molecule has 0 saturated heterocycles. The summed E-state index contributed by atoms with van der Waals surface area (Å²) in [5.41, 5.74) is 1.15. The Labute approximate surface area is 177 Å². The molecule has 5 nitrogen and oxygen atoms in total. The van der Waals surface area contributed by atoms with Gasteiger partial charge in [-0.15, -0.1) is 0 Å². The van der Waals surface area contributed by atoms with Gasteiger partial charge in [0.15, 0.2) is 0 Å². The van der Waals surface area contributed by atoms with E-state index in [4.69, 9.17) is 0 Å². The summed E-state index contributed by atoms with van der Waals surface area (Å²) in [7, 11) is 3.79. The van der Waals surface area contributed by atoms with Crippen LogP contribution in [0.5, 0.6) is 0 Å². The van der Waals surface area contributed by atoms with E-state index in [9.17, 15) is 22.8 Å². The third-order valence-electron chi connectivity index (χ3n) is 4.48. The Bertz CT molecular complexity index is 1090. The number of hydrogen-bond acceptors (Lipinski definition) is 3. The van der Waals surface area contributed by atoms with Crippen LogP contribution in [0.2, 0.25) is 0 Å². The van der Waals surface area contributed by atoms with Crippen LogP contribution in [-0.4, -0.2) is 25.9 Å². The molecular formula is C23H20F3N3O2. The average Bonchev–Trinajstić information content (AvgIpc) is 2.73. The molecule has 0 fully saturated rings. The van der Waals surface area contributed by atoms with E-state index in [1.807, 2.05) is 31.1 Å². The van der Waals surface area contributed by atoms with Crippen LogP contribution in [0.3, 0.4) is 0 Å². The van der Waals surface area contributed by atoms with E-state index in [2.05, 4.69) is 10.6 Å². The van der Waals surface area contributed by atoms with Crippen LogP contribution >= 0.6 is 0 Å². The lowest BCUT2D eigenvalue weighted by molar-refractivity contribution is -0.137. The van der Waals surface area contributed by atoms with Crippen molar-refractivity contribution < 1.29 is 22.8 Å². The van der Waals surface area contributed by atoms with Gasteiger partial charge >= 0.3 is 6.18 Å². The Morgan fingerprint density at radius 1 is 0.742 bits per heavy atom. The maximum Gasteiger partial charge on any atom is 0.416 e. The van der Waals surface area contributed by atoms with Gasteiger partial charge in [-0.3, -0.25) is 9.59 Å². The second-order valence-corrected chi connectivity index (χ2v) is 7.01. The highest BCUT2D eigenvalue weighted by Gasteiger charge is 2.30. The van der Waals surface area contributed by atoms with Gasteiger partial charge < -0.3 is 15.5 Å². The van der Waals surface area contributed by atoms with Gasteiger partial charge in [-0.05, 0) is 60.7 Å². The first-order valence-electron chi connectivity index (χ1n) is 9.31. The van der Waals surface area contributed by atoms with Gasteiger partial charge in [0, 0.05) is 42.3 Å². The van der Waals surface area contributed by atoms with E-state index in [0.717, 1.165) is 17.8 Å². The first kappa shape index (κ1) is 21.9. The molecule has 0 bridgehead atoms. The Kier molecular flexibility index (Phi) is 6.29. The van der Waals surface area contributed by atoms with Gasteiger partial charge in [0.05, 0.1) is 5.56 Å². The maximum atomic E-state index is 12.8. The molecule has 31 heavy (non-hydrogen) atoms. The fourth-order valence-electron chi connectivity index (χ4n) is 2.83. The Morgan fingerprint density at radius 2 is 1.29 bits per heavy atom. The predicted molar refractivity (Wildman–Crippen MR) is 115 cm³/mol. The second-order valence-electron chi connectivity index (χ2n) is 7.01. The number of nitrogens with zero attached hydrogens (tertiary/aromatic N) is 1. The van der Waals surface area contributed by atoms with Crippen molar-refractivity contribution in [2.75, 3.05) is 29.6 Å². The van der Waals surface area contributed by atoms with Crippen LogP contribution in [-0.2, 0) is 6.18 Å². The quantitative estimate of drug-likeness (QED) is 0.583. The fourth-order valence-corrected chi connectivity index (χ4v) is 2.83. The van der Waals surface area contributed by atoms with Crippen molar-refractivity contribution in [2.24, 2.45) is 0 Å². The fraction of sp³-hybridized carbons (Fsp3) is 0.130. The standard InChI is InChI=1S/C23H20F3N3O2/c1-29(2)20-11-9-15(10-12-20)21(30)27-18-7-3-5-16(13-18)22(31)28-19-8-4-6-17(14-19)23(24,25)26/h3-14H,1-2H3,(H,27,30)(H,28,31). The summed E-state index contributed by atoms with van der Waals surface area (Å²) >= 11 is 0. The summed E-state index contributed by atoms with van der Waals surface area (Å²) in [6, 6.07) is 17.5. The molecular weight excluding hydrogens is 407 g/mol. The van der Waals surface area contributed by atoms with Crippen LogP contribution in [0.4, 0.5) is 30.2 Å². The minimum absolute atomic E-state index is 0.0234. The molecule has 8 heteroatoms. The van der Waals surface area contributed by atoms with E-state index in [1.54, 1.807) is 24.3 Å². The predicted octanol–water partition coefficient (Wildman–Crippen LogP) is 5.28. The largest absolute Gasteiger partial charge is 0.416 e. The number of halogens is 3. The molecule has 0 saturated carbocycles. The molecule has 0 heterocycles. The van der Waals surface area contributed by atoms with Crippen LogP contribution in [0.25, 0.3) is 0 Å². The van der Waals surface area contributed by atoms with E-state index >= 15 is 0 Å². The molecule has 0 spiro atoms. The summed E-state index contributed by atoms with van der Waals surface area (Å²) in [5.74, 6) is -0.938. The molecule has 0 aliphatic carbocycles. The number of carbonyl (C=O) groups excluding carboxylic acids is 2. The zero-order valence-electron chi connectivity index (χ0n) is 16.8. The molecule has 0 aliphatic rings. The van der Waals surface area contributed by atoms with Crippen molar-refractivity contribution in [3.8, 4) is 0 Å². The summed E-state index contributed by atoms with van der Waals surface area (Å²) in [6.45, 7) is 0. The number of nitrogens with one attached hydrogen (secondary N) is 2. The highest BCUT2D eigenvalue weighted by molar-refractivity contribution is 6.07. The minimum atomic E-state index is -4.50. The Morgan fingerprint density at radius 3 is 1.87 bits per heavy atom. The molecule has 0 atom stereocenters. The van der Waals surface area contributed by atoms with Crippen molar-refractivity contribution in [1.29, 1.82) is 0 Å². The molecule has 3 aromatic rings. The van der Waals surface area contributed by atoms with Crippen LogP contribution < -0.4 is 15.5 Å². The van der Waals surface area contributed by atoms with Gasteiger partial charge in [-0.1, -0.05) is 12.1 Å². The van der Waals surface area contributed by atoms with E-state index in [0.29, 0.717) is 11.3 Å². The number of amides is 2. The van der Waals surface area contributed by atoms with Crippen LogP contribution in [0.1, 0.15) is 26.3 Å². The molecule has 3 aromatic carbocycles. The van der Waals surface area contributed by atoms with Gasteiger partial charge in [0.25, 0.3) is 11.8 Å². The lowest BCUT2D eigenvalue weighted by Crippen LogP contribution is -2.15. The normalized spacial score (nSPS) is 11.0. The number of anilines is 3. The second kappa shape index (κ2) is 8.91. The van der Waals surface area contributed by atoms with Crippen molar-refractivity contribution in [3.63, 3.8) is 0 Å². The number of alkyl halides is 3. The molecule has 0 unspecified atom stereocenters. The van der Waals surface area contributed by atoms with Crippen molar-refractivity contribution in [1.82, 2.24) is 0 Å². The van der Waals surface area contributed by atoms with Gasteiger partial charge in [0.1, 0.15) is 0 Å². The number of benzene rings is 3. The summed E-state index contributed by atoms with van der Waals surface area (Å²) in [5, 5.41) is 5.16. The number of hydrogen-bond donors (Lipinski definition) is 2. The number of rotatable bonds is 5. The summed E-state index contributed by atoms with van der Waals surface area (Å²) in [4.78, 5) is 26.9. The van der Waals surface area contributed by atoms with Crippen LogP contribution in [0.15, 0.2) is 72.8 Å². The molecule has 2 amide bonds. The third-order valence-corrected chi connectivity index (χ3v) is 4.48. The molecule has 2 N–H and O–H groups in total. The molecule has 0 aliphatic heterocycles. The maximum absolute atomic E-state index is 12.8. The molecule has 0 radical (unpaired) electrons. The van der Waals surface area contributed by atoms with E-state index in [1.165, 1.54) is 24.3 Å². The third kappa shape index (κ3) is 5.63. The topological polar surface area (TPSA) is 61.4 Å². The van der Waals surface area contributed by atoms with Gasteiger partial charge in [-0.2, -0.15) is 13.2 Å². The van der Waals surface area contributed by atoms with Gasteiger partial charge in [0.2, 0.25) is 0 Å². The Hall–Kier alpha value is -3.81. The smallest absolute Gasteiger partial charge is 0.378 e. The lowest BCUT2D eigenvalue weighted by Gasteiger charge is -2.13. The first-order valence-corrected chi connectivity index (χ1v) is 9.31. The van der Waals surface area contributed by atoms with Crippen molar-refractivity contribution in [2.45, 2.75) is 6.18 Å².